The van der Waals surface area contributed by atoms with Gasteiger partial charge in [0.25, 0.3) is 0 Å². The summed E-state index contributed by atoms with van der Waals surface area (Å²) < 4.78 is 0. The third kappa shape index (κ3) is 227. The van der Waals surface area contributed by atoms with Gasteiger partial charge in [-0.05, 0) is 27.6 Å². The van der Waals surface area contributed by atoms with Crippen LogP contribution in [0.3, 0.4) is 0 Å². The molecule has 4 heteroatoms. The zero-order valence-corrected chi connectivity index (χ0v) is 8.13. The molecule has 11 heavy (non-hydrogen) atoms. The van der Waals surface area contributed by atoms with Gasteiger partial charge in [0.15, 0.2) is 0 Å². The highest BCUT2D eigenvalue weighted by atomic mass is 16.1. The molecule has 0 amide bonds. The number of unbranched alkanes of at least 4 members (excludes halogenated alkanes) is 1. The van der Waals surface area contributed by atoms with Gasteiger partial charge in [0.1, 0.15) is 6.29 Å². The Bertz CT molecular complexity index is 34.9. The molecule has 0 atom stereocenters. The quantitative estimate of drug-likeness (QED) is 0.490. The van der Waals surface area contributed by atoms with Crippen molar-refractivity contribution in [1.82, 2.24) is 0 Å². The van der Waals surface area contributed by atoms with Crippen molar-refractivity contribution in [3.63, 3.8) is 0 Å². The third-order valence-electron chi connectivity index (χ3n) is 0.407. The molecule has 4 nitrogen and oxygen atoms in total. The maximum absolute atomic E-state index is 9.40. The fourth-order valence-corrected chi connectivity index (χ4v) is 0.118. The van der Waals surface area contributed by atoms with E-state index >= 15 is 0 Å². The Morgan fingerprint density at radius 3 is 1.27 bits per heavy atom. The normalized spacial score (nSPS) is 5.00. The van der Waals surface area contributed by atoms with Crippen LogP contribution in [0.4, 0.5) is 0 Å². The predicted octanol–water partition coefficient (Wildman–Crippen LogP) is -0.290. The van der Waals surface area contributed by atoms with Crippen LogP contribution in [-0.4, -0.2) is 27.4 Å². The number of carbonyl (C=O) groups excluding carboxylic acids is 1. The van der Waals surface area contributed by atoms with Gasteiger partial charge in [0.05, 0.1) is 0 Å². The molecule has 0 unspecified atom stereocenters. The highest BCUT2D eigenvalue weighted by Gasteiger charge is 1.66. The van der Waals surface area contributed by atoms with Crippen molar-refractivity contribution >= 4 is 6.29 Å². The van der Waals surface area contributed by atoms with Gasteiger partial charge in [-0.3, -0.25) is 0 Å². The van der Waals surface area contributed by atoms with Crippen molar-refractivity contribution in [2.75, 3.05) is 21.1 Å². The summed E-state index contributed by atoms with van der Waals surface area (Å²) in [4.78, 5) is 9.40. The number of nitrogens with two attached hydrogens (primary N) is 3. The van der Waals surface area contributed by atoms with E-state index in [9.17, 15) is 4.79 Å². The molecule has 0 bridgehead atoms. The van der Waals surface area contributed by atoms with Crippen molar-refractivity contribution in [3.05, 3.63) is 0 Å². The minimum Gasteiger partial charge on any atom is -0.333 e. The molecule has 0 spiro atoms. The summed E-state index contributed by atoms with van der Waals surface area (Å²) in [7, 11) is 4.50. The highest BCUT2D eigenvalue weighted by Crippen LogP contribution is 1.74. The van der Waals surface area contributed by atoms with Crippen LogP contribution in [0.2, 0.25) is 0 Å². The second-order valence-corrected chi connectivity index (χ2v) is 0.955. The molecule has 0 saturated carbocycles. The Labute approximate surface area is 70.1 Å². The SMILES string of the molecule is CCCC=O.CN.CN.CN. The standard InChI is InChI=1S/C4H8O.3CH5N/c1-2-3-4-5;3*1-2/h4H,2-3H2,1H3;3*2H2,1H3. The van der Waals surface area contributed by atoms with Crippen LogP contribution in [-0.2, 0) is 4.79 Å². The molecule has 0 radical (unpaired) electrons. The van der Waals surface area contributed by atoms with Crippen molar-refractivity contribution < 1.29 is 4.79 Å². The van der Waals surface area contributed by atoms with Gasteiger partial charge >= 0.3 is 0 Å². The minimum atomic E-state index is 0.708. The Kier molecular flexibility index (Phi) is 219. The average molecular weight is 165 g/mol. The molecule has 0 aromatic heterocycles. The van der Waals surface area contributed by atoms with E-state index in [4.69, 9.17) is 0 Å². The molecule has 6 N–H and O–H groups in total. The first kappa shape index (κ1) is 22.4. The summed E-state index contributed by atoms with van der Waals surface area (Å²) >= 11 is 0. The topological polar surface area (TPSA) is 95.1 Å². The molecular formula is C7H23N3O. The van der Waals surface area contributed by atoms with E-state index in [1.54, 1.807) is 0 Å². The monoisotopic (exact) mass is 165 g/mol. The average Bonchev–Trinajstić information content (AvgIpc) is 2.16. The number of rotatable bonds is 2. The zero-order chi connectivity index (χ0) is 10.1. The lowest BCUT2D eigenvalue weighted by atomic mass is 10.4. The van der Waals surface area contributed by atoms with Gasteiger partial charge in [0.2, 0.25) is 0 Å². The number of carbonyl (C=O) groups is 1. The fourth-order valence-electron chi connectivity index (χ4n) is 0.118. The molecule has 0 aliphatic rings. The minimum absolute atomic E-state index is 0.708. The highest BCUT2D eigenvalue weighted by molar-refractivity contribution is 5.48. The van der Waals surface area contributed by atoms with Crippen LogP contribution in [0, 0.1) is 0 Å². The molecule has 0 aliphatic heterocycles. The number of hydrogen-bond donors (Lipinski definition) is 3. The molecule has 0 fully saturated rings. The lowest BCUT2D eigenvalue weighted by Crippen LogP contribution is -1.69. The first-order chi connectivity index (χ1) is 5.41. The van der Waals surface area contributed by atoms with Crippen LogP contribution in [0.5, 0.6) is 0 Å². The molecule has 0 aliphatic carbocycles. The van der Waals surface area contributed by atoms with Crippen molar-refractivity contribution in [2.24, 2.45) is 17.2 Å². The summed E-state index contributed by atoms with van der Waals surface area (Å²) in [5.41, 5.74) is 13.5. The Morgan fingerprint density at radius 2 is 1.27 bits per heavy atom. The molecule has 0 rings (SSSR count). The summed E-state index contributed by atoms with van der Waals surface area (Å²) in [6, 6.07) is 0. The molecule has 0 saturated heterocycles. The lowest BCUT2D eigenvalue weighted by molar-refractivity contribution is -0.107. The Balaban J connectivity index is -0.0000000350. The Morgan fingerprint density at radius 1 is 1.00 bits per heavy atom. The maximum atomic E-state index is 9.40. The summed E-state index contributed by atoms with van der Waals surface area (Å²) in [6.07, 6.45) is 2.61. The van der Waals surface area contributed by atoms with E-state index in [1.807, 2.05) is 6.92 Å². The molecule has 0 aromatic carbocycles. The predicted molar refractivity (Wildman–Crippen MR) is 51.3 cm³/mol. The first-order valence-electron chi connectivity index (χ1n) is 3.58. The van der Waals surface area contributed by atoms with Gasteiger partial charge in [-0.25, -0.2) is 0 Å². The van der Waals surface area contributed by atoms with Gasteiger partial charge in [0, 0.05) is 6.42 Å². The van der Waals surface area contributed by atoms with E-state index in [1.165, 1.54) is 21.1 Å². The van der Waals surface area contributed by atoms with Crippen LogP contribution in [0.25, 0.3) is 0 Å². The van der Waals surface area contributed by atoms with Gasteiger partial charge < -0.3 is 22.0 Å². The van der Waals surface area contributed by atoms with E-state index < -0.39 is 0 Å². The number of aldehydes is 1. The summed E-state index contributed by atoms with van der Waals surface area (Å²) in [6.45, 7) is 1.98. The molecule has 0 aromatic rings. The van der Waals surface area contributed by atoms with Crippen LogP contribution in [0.15, 0.2) is 0 Å². The van der Waals surface area contributed by atoms with Crippen LogP contribution in [0.1, 0.15) is 19.8 Å². The number of hydrogen-bond acceptors (Lipinski definition) is 4. The molecule has 0 heterocycles. The van der Waals surface area contributed by atoms with Gasteiger partial charge in [-0.15, -0.1) is 0 Å². The van der Waals surface area contributed by atoms with Gasteiger partial charge in [-0.2, -0.15) is 0 Å². The van der Waals surface area contributed by atoms with Crippen molar-refractivity contribution in [2.45, 2.75) is 19.8 Å². The summed E-state index contributed by atoms with van der Waals surface area (Å²) in [5.74, 6) is 0. The van der Waals surface area contributed by atoms with Gasteiger partial charge in [-0.1, -0.05) is 6.92 Å². The summed E-state index contributed by atoms with van der Waals surface area (Å²) in [5, 5.41) is 0. The third-order valence-corrected chi connectivity index (χ3v) is 0.407. The van der Waals surface area contributed by atoms with Crippen LogP contribution < -0.4 is 17.2 Å². The molecular weight excluding hydrogens is 142 g/mol. The maximum Gasteiger partial charge on any atom is 0.119 e. The van der Waals surface area contributed by atoms with E-state index in [0.29, 0.717) is 6.42 Å². The Hall–Kier alpha value is -0.450. The van der Waals surface area contributed by atoms with E-state index in [-0.39, 0.29) is 0 Å². The van der Waals surface area contributed by atoms with Crippen molar-refractivity contribution in [1.29, 1.82) is 0 Å². The second-order valence-electron chi connectivity index (χ2n) is 0.955. The largest absolute Gasteiger partial charge is 0.333 e. The fraction of sp³-hybridized carbons (Fsp3) is 0.857. The van der Waals surface area contributed by atoms with E-state index in [2.05, 4.69) is 17.2 Å². The molecule has 72 valence electrons. The van der Waals surface area contributed by atoms with Crippen molar-refractivity contribution in [3.8, 4) is 0 Å². The zero-order valence-electron chi connectivity index (χ0n) is 8.13. The lowest BCUT2D eigenvalue weighted by Gasteiger charge is -1.68. The first-order valence-corrected chi connectivity index (χ1v) is 3.58. The van der Waals surface area contributed by atoms with E-state index in [0.717, 1.165) is 12.7 Å². The van der Waals surface area contributed by atoms with Crippen LogP contribution >= 0.6 is 0 Å². The second kappa shape index (κ2) is 107. The smallest absolute Gasteiger partial charge is 0.119 e.